The molecule has 17 heavy (non-hydrogen) atoms. The van der Waals surface area contributed by atoms with Gasteiger partial charge in [-0.05, 0) is 30.7 Å². The minimum absolute atomic E-state index is 0.0441. The van der Waals surface area contributed by atoms with Crippen LogP contribution in [0.25, 0.3) is 0 Å². The summed E-state index contributed by atoms with van der Waals surface area (Å²) in [5.74, 6) is 0.0441. The highest BCUT2D eigenvalue weighted by Gasteiger charge is 2.40. The molecule has 2 unspecified atom stereocenters. The minimum Gasteiger partial charge on any atom is -0.392 e. The van der Waals surface area contributed by atoms with Gasteiger partial charge in [0, 0.05) is 30.9 Å². The average Bonchev–Trinajstić information content (AvgIpc) is 2.78. The molecule has 3 nitrogen and oxygen atoms in total. The van der Waals surface area contributed by atoms with Gasteiger partial charge in [-0.25, -0.2) is 0 Å². The Kier molecular flexibility index (Phi) is 4.20. The quantitative estimate of drug-likeness (QED) is 0.818. The fraction of sp³-hybridized carbons (Fsp3) is 0.692. The van der Waals surface area contributed by atoms with E-state index in [1.54, 1.807) is 18.4 Å². The van der Waals surface area contributed by atoms with Crippen LogP contribution in [0.5, 0.6) is 0 Å². The predicted molar refractivity (Wildman–Crippen MR) is 70.3 cm³/mol. The van der Waals surface area contributed by atoms with E-state index in [4.69, 9.17) is 10.5 Å². The molecule has 1 heterocycles. The van der Waals surface area contributed by atoms with E-state index in [-0.39, 0.29) is 11.5 Å². The molecular formula is C13H21NO2S. The number of methoxy groups -OCH3 is 1. The van der Waals surface area contributed by atoms with Crippen LogP contribution in [0.1, 0.15) is 36.5 Å². The topological polar surface area (TPSA) is 55.5 Å². The maximum Gasteiger partial charge on any atom is 0.0703 e. The Morgan fingerprint density at radius 1 is 1.59 bits per heavy atom. The van der Waals surface area contributed by atoms with Crippen molar-refractivity contribution in [3.8, 4) is 0 Å². The molecule has 1 aromatic rings. The highest BCUT2D eigenvalue weighted by Crippen LogP contribution is 2.41. The molecule has 0 radical (unpaired) electrons. The van der Waals surface area contributed by atoms with Gasteiger partial charge < -0.3 is 15.6 Å². The predicted octanol–water partition coefficient (Wildman–Crippen LogP) is 2.11. The van der Waals surface area contributed by atoms with Gasteiger partial charge in [-0.15, -0.1) is 11.3 Å². The lowest BCUT2D eigenvalue weighted by Gasteiger charge is -2.42. The minimum atomic E-state index is -0.404. The number of rotatable bonds is 6. The lowest BCUT2D eigenvalue weighted by Crippen LogP contribution is -2.44. The van der Waals surface area contributed by atoms with E-state index in [2.05, 4.69) is 0 Å². The third-order valence-corrected chi connectivity index (χ3v) is 4.91. The van der Waals surface area contributed by atoms with Gasteiger partial charge in [0.05, 0.1) is 11.7 Å². The Labute approximate surface area is 107 Å². The monoisotopic (exact) mass is 255 g/mol. The molecule has 2 atom stereocenters. The van der Waals surface area contributed by atoms with Crippen LogP contribution in [0.15, 0.2) is 17.5 Å². The highest BCUT2D eigenvalue weighted by atomic mass is 32.1. The van der Waals surface area contributed by atoms with Gasteiger partial charge in [0.2, 0.25) is 0 Å². The highest BCUT2D eigenvalue weighted by molar-refractivity contribution is 7.10. The summed E-state index contributed by atoms with van der Waals surface area (Å²) in [5.41, 5.74) is 5.70. The van der Waals surface area contributed by atoms with E-state index in [0.29, 0.717) is 13.0 Å². The first-order chi connectivity index (χ1) is 8.21. The average molecular weight is 255 g/mol. The SMILES string of the molecule is COC1(CC(O)C(CN)c2cccs2)CCC1. The number of hydrogen-bond acceptors (Lipinski definition) is 4. The van der Waals surface area contributed by atoms with Crippen LogP contribution in [-0.2, 0) is 4.74 Å². The third-order valence-electron chi connectivity index (χ3n) is 3.91. The molecular weight excluding hydrogens is 234 g/mol. The molecule has 96 valence electrons. The second-order valence-corrected chi connectivity index (χ2v) is 5.85. The Balaban J connectivity index is 2.00. The van der Waals surface area contributed by atoms with Crippen molar-refractivity contribution in [2.24, 2.45) is 5.73 Å². The second kappa shape index (κ2) is 5.48. The molecule has 0 spiro atoms. The van der Waals surface area contributed by atoms with Gasteiger partial charge in [-0.2, -0.15) is 0 Å². The normalized spacial score (nSPS) is 21.8. The molecule has 3 N–H and O–H groups in total. The standard InChI is InChI=1S/C13H21NO2S/c1-16-13(5-3-6-13)8-11(15)10(9-14)12-4-2-7-17-12/h2,4,7,10-11,15H,3,5-6,8-9,14H2,1H3. The summed E-state index contributed by atoms with van der Waals surface area (Å²) in [4.78, 5) is 1.17. The fourth-order valence-electron chi connectivity index (χ4n) is 2.55. The van der Waals surface area contributed by atoms with E-state index in [1.807, 2.05) is 17.5 Å². The van der Waals surface area contributed by atoms with Gasteiger partial charge >= 0.3 is 0 Å². The number of thiophene rings is 1. The fourth-order valence-corrected chi connectivity index (χ4v) is 3.45. The molecule has 0 saturated heterocycles. The number of aliphatic hydroxyl groups excluding tert-OH is 1. The van der Waals surface area contributed by atoms with Gasteiger partial charge in [0.1, 0.15) is 0 Å². The number of ether oxygens (including phenoxy) is 1. The van der Waals surface area contributed by atoms with E-state index >= 15 is 0 Å². The zero-order chi connectivity index (χ0) is 12.3. The maximum atomic E-state index is 10.4. The van der Waals surface area contributed by atoms with E-state index < -0.39 is 6.10 Å². The van der Waals surface area contributed by atoms with Crippen LogP contribution in [0.2, 0.25) is 0 Å². The van der Waals surface area contributed by atoms with Crippen molar-refractivity contribution in [1.29, 1.82) is 0 Å². The van der Waals surface area contributed by atoms with Crippen LogP contribution < -0.4 is 5.73 Å². The Hall–Kier alpha value is -0.420. The molecule has 1 saturated carbocycles. The molecule has 1 fully saturated rings. The van der Waals surface area contributed by atoms with Crippen molar-refractivity contribution in [3.05, 3.63) is 22.4 Å². The molecule has 1 aliphatic rings. The summed E-state index contributed by atoms with van der Waals surface area (Å²) in [6.45, 7) is 0.488. The van der Waals surface area contributed by atoms with Crippen LogP contribution in [-0.4, -0.2) is 30.5 Å². The molecule has 1 aliphatic carbocycles. The summed E-state index contributed by atoms with van der Waals surface area (Å²) in [5, 5.41) is 12.4. The Morgan fingerprint density at radius 3 is 2.76 bits per heavy atom. The van der Waals surface area contributed by atoms with Crippen molar-refractivity contribution in [3.63, 3.8) is 0 Å². The van der Waals surface area contributed by atoms with Crippen molar-refractivity contribution >= 4 is 11.3 Å². The van der Waals surface area contributed by atoms with Crippen molar-refractivity contribution in [1.82, 2.24) is 0 Å². The molecule has 4 heteroatoms. The van der Waals surface area contributed by atoms with Crippen LogP contribution in [0.4, 0.5) is 0 Å². The second-order valence-electron chi connectivity index (χ2n) is 4.87. The van der Waals surface area contributed by atoms with Crippen LogP contribution in [0, 0.1) is 0 Å². The van der Waals surface area contributed by atoms with Gasteiger partial charge in [-0.3, -0.25) is 0 Å². The van der Waals surface area contributed by atoms with Crippen LogP contribution in [0.3, 0.4) is 0 Å². The molecule has 0 aliphatic heterocycles. The largest absolute Gasteiger partial charge is 0.392 e. The van der Waals surface area contributed by atoms with E-state index in [0.717, 1.165) is 12.8 Å². The van der Waals surface area contributed by atoms with Crippen molar-refractivity contribution in [2.75, 3.05) is 13.7 Å². The van der Waals surface area contributed by atoms with E-state index in [1.165, 1.54) is 11.3 Å². The van der Waals surface area contributed by atoms with Gasteiger partial charge in [0.25, 0.3) is 0 Å². The maximum absolute atomic E-state index is 10.4. The van der Waals surface area contributed by atoms with Gasteiger partial charge in [-0.1, -0.05) is 6.07 Å². The van der Waals surface area contributed by atoms with E-state index in [9.17, 15) is 5.11 Å². The summed E-state index contributed by atoms with van der Waals surface area (Å²) < 4.78 is 5.56. The summed E-state index contributed by atoms with van der Waals surface area (Å²) in [7, 11) is 1.74. The molecule has 2 rings (SSSR count). The zero-order valence-corrected chi connectivity index (χ0v) is 11.1. The molecule has 0 bridgehead atoms. The lowest BCUT2D eigenvalue weighted by atomic mass is 9.74. The molecule has 1 aromatic heterocycles. The summed E-state index contributed by atoms with van der Waals surface area (Å²) >= 11 is 1.66. The molecule has 0 amide bonds. The number of aliphatic hydroxyl groups is 1. The van der Waals surface area contributed by atoms with Gasteiger partial charge in [0.15, 0.2) is 0 Å². The number of nitrogens with two attached hydrogens (primary N) is 1. The first kappa shape index (κ1) is 13.0. The first-order valence-corrected chi connectivity index (χ1v) is 7.05. The third kappa shape index (κ3) is 2.71. The zero-order valence-electron chi connectivity index (χ0n) is 10.3. The number of hydrogen-bond donors (Lipinski definition) is 2. The Morgan fingerprint density at radius 2 is 2.35 bits per heavy atom. The summed E-state index contributed by atoms with van der Waals surface area (Å²) in [6.07, 6.45) is 3.61. The molecule has 0 aromatic carbocycles. The summed E-state index contributed by atoms with van der Waals surface area (Å²) in [6, 6.07) is 4.05. The lowest BCUT2D eigenvalue weighted by molar-refractivity contribution is -0.102. The smallest absolute Gasteiger partial charge is 0.0703 e. The first-order valence-electron chi connectivity index (χ1n) is 6.17. The Bertz CT molecular complexity index is 330. The van der Waals surface area contributed by atoms with Crippen molar-refractivity contribution < 1.29 is 9.84 Å². The van der Waals surface area contributed by atoms with Crippen LogP contribution >= 0.6 is 11.3 Å². The van der Waals surface area contributed by atoms with Crippen molar-refractivity contribution in [2.45, 2.75) is 43.3 Å².